The summed E-state index contributed by atoms with van der Waals surface area (Å²) >= 11 is 0. The van der Waals surface area contributed by atoms with Crippen LogP contribution in [-0.2, 0) is 27.3 Å². The largest absolute Gasteiger partial charge is 0.492 e. The second-order valence-corrected chi connectivity index (χ2v) is 8.55. The predicted molar refractivity (Wildman–Crippen MR) is 127 cm³/mol. The molecule has 0 spiro atoms. The van der Waals surface area contributed by atoms with E-state index in [0.717, 1.165) is 56.3 Å². The molecule has 2 heterocycles. The first-order valence-corrected chi connectivity index (χ1v) is 11.8. The number of benzene rings is 2. The van der Waals surface area contributed by atoms with Crippen molar-refractivity contribution < 1.29 is 19.1 Å². The molecule has 0 unspecified atom stereocenters. The quantitative estimate of drug-likeness (QED) is 0.635. The maximum Gasteiger partial charge on any atom is 0.227 e. The summed E-state index contributed by atoms with van der Waals surface area (Å²) in [6, 6.07) is 15.8. The molecule has 2 aliphatic rings. The van der Waals surface area contributed by atoms with Gasteiger partial charge in [0.15, 0.2) is 0 Å². The molecule has 33 heavy (non-hydrogen) atoms. The zero-order valence-electron chi connectivity index (χ0n) is 19.3. The molecule has 0 bridgehead atoms. The smallest absolute Gasteiger partial charge is 0.227 e. The summed E-state index contributed by atoms with van der Waals surface area (Å²) in [5.74, 6) is 0.328. The summed E-state index contributed by atoms with van der Waals surface area (Å²) in [5.41, 5.74) is 3.01. The lowest BCUT2D eigenvalue weighted by Crippen LogP contribution is -2.38. The molecule has 2 saturated heterocycles. The zero-order valence-corrected chi connectivity index (χ0v) is 19.3. The standard InChI is InChI=1S/C26H33N3O4/c1-2-20-7-9-23(10-8-20)29-19-22(17-25(29)30)26(31)27-18-21-5-3-4-6-24(21)33-16-13-28-11-14-32-15-12-28/h3-10,22H,2,11-19H2,1H3,(H,27,31)/t22-/m1/s1. The minimum absolute atomic E-state index is 0.00811. The van der Waals surface area contributed by atoms with Crippen LogP contribution in [0.2, 0.25) is 0 Å². The average molecular weight is 452 g/mol. The summed E-state index contributed by atoms with van der Waals surface area (Å²) in [4.78, 5) is 29.4. The summed E-state index contributed by atoms with van der Waals surface area (Å²) in [7, 11) is 0. The molecule has 0 aliphatic carbocycles. The Hall–Kier alpha value is -2.90. The number of hydrogen-bond acceptors (Lipinski definition) is 5. The van der Waals surface area contributed by atoms with Crippen LogP contribution in [0.3, 0.4) is 0 Å². The molecule has 2 aromatic carbocycles. The molecular formula is C26H33N3O4. The van der Waals surface area contributed by atoms with E-state index in [1.165, 1.54) is 5.56 Å². The molecule has 0 radical (unpaired) electrons. The van der Waals surface area contributed by atoms with Crippen molar-refractivity contribution in [2.45, 2.75) is 26.3 Å². The van der Waals surface area contributed by atoms with E-state index in [-0.39, 0.29) is 24.2 Å². The minimum Gasteiger partial charge on any atom is -0.492 e. The van der Waals surface area contributed by atoms with Crippen molar-refractivity contribution in [2.24, 2.45) is 5.92 Å². The van der Waals surface area contributed by atoms with Crippen LogP contribution >= 0.6 is 0 Å². The fraction of sp³-hybridized carbons (Fsp3) is 0.462. The number of nitrogens with zero attached hydrogens (tertiary/aromatic N) is 2. The molecule has 2 aromatic rings. The maximum absolute atomic E-state index is 12.8. The molecule has 4 rings (SSSR count). The first-order valence-electron chi connectivity index (χ1n) is 11.8. The minimum atomic E-state index is -0.349. The van der Waals surface area contributed by atoms with Crippen molar-refractivity contribution in [3.05, 3.63) is 59.7 Å². The first-order chi connectivity index (χ1) is 16.1. The summed E-state index contributed by atoms with van der Waals surface area (Å²) in [6.07, 6.45) is 1.19. The van der Waals surface area contributed by atoms with E-state index in [1.54, 1.807) is 4.90 Å². The molecule has 2 fully saturated rings. The average Bonchev–Trinajstić information content (AvgIpc) is 3.25. The number of nitrogens with one attached hydrogen (secondary N) is 1. The van der Waals surface area contributed by atoms with Crippen molar-refractivity contribution in [2.75, 3.05) is 50.9 Å². The van der Waals surface area contributed by atoms with Gasteiger partial charge in [0.25, 0.3) is 0 Å². The number of carbonyl (C=O) groups is 2. The number of ether oxygens (including phenoxy) is 2. The van der Waals surface area contributed by atoms with Gasteiger partial charge in [0.05, 0.1) is 19.1 Å². The zero-order chi connectivity index (χ0) is 23.0. The van der Waals surface area contributed by atoms with Crippen molar-refractivity contribution in [1.29, 1.82) is 0 Å². The van der Waals surface area contributed by atoms with Crippen molar-refractivity contribution in [1.82, 2.24) is 10.2 Å². The molecule has 0 aromatic heterocycles. The summed E-state index contributed by atoms with van der Waals surface area (Å²) < 4.78 is 11.4. The Labute approximate surface area is 195 Å². The van der Waals surface area contributed by atoms with Gasteiger partial charge in [-0.2, -0.15) is 0 Å². The number of morpholine rings is 1. The molecule has 2 amide bonds. The maximum atomic E-state index is 12.8. The Kier molecular flexibility index (Phi) is 7.96. The van der Waals surface area contributed by atoms with E-state index in [2.05, 4.69) is 17.1 Å². The van der Waals surface area contributed by atoms with Crippen molar-refractivity contribution in [3.8, 4) is 5.75 Å². The van der Waals surface area contributed by atoms with Crippen LogP contribution in [0.25, 0.3) is 0 Å². The van der Waals surface area contributed by atoms with Crippen molar-refractivity contribution >= 4 is 17.5 Å². The van der Waals surface area contributed by atoms with Gasteiger partial charge in [-0.1, -0.05) is 37.3 Å². The highest BCUT2D eigenvalue weighted by Crippen LogP contribution is 2.26. The fourth-order valence-corrected chi connectivity index (χ4v) is 4.27. The molecule has 0 saturated carbocycles. The second kappa shape index (κ2) is 11.3. The Morgan fingerprint density at radius 2 is 1.88 bits per heavy atom. The lowest BCUT2D eigenvalue weighted by Gasteiger charge is -2.26. The van der Waals surface area contributed by atoms with E-state index in [0.29, 0.717) is 19.7 Å². The summed E-state index contributed by atoms with van der Waals surface area (Å²) in [6.45, 7) is 7.74. The van der Waals surface area contributed by atoms with Gasteiger partial charge in [-0.3, -0.25) is 14.5 Å². The van der Waals surface area contributed by atoms with Crippen LogP contribution in [-0.4, -0.2) is 62.7 Å². The Balaban J connectivity index is 1.28. The molecule has 1 N–H and O–H groups in total. The van der Waals surface area contributed by atoms with E-state index in [4.69, 9.17) is 9.47 Å². The third-order valence-corrected chi connectivity index (χ3v) is 6.35. The van der Waals surface area contributed by atoms with Crippen LogP contribution in [0, 0.1) is 5.92 Å². The van der Waals surface area contributed by atoms with E-state index >= 15 is 0 Å². The van der Waals surface area contributed by atoms with Crippen LogP contribution in [0.1, 0.15) is 24.5 Å². The van der Waals surface area contributed by atoms with Crippen LogP contribution in [0.15, 0.2) is 48.5 Å². The SMILES string of the molecule is CCc1ccc(N2C[C@H](C(=O)NCc3ccccc3OCCN3CCOCC3)CC2=O)cc1. The molecule has 176 valence electrons. The molecule has 7 heteroatoms. The third-order valence-electron chi connectivity index (χ3n) is 6.35. The fourth-order valence-electron chi connectivity index (χ4n) is 4.27. The van der Waals surface area contributed by atoms with E-state index in [9.17, 15) is 9.59 Å². The highest BCUT2D eigenvalue weighted by Gasteiger charge is 2.35. The summed E-state index contributed by atoms with van der Waals surface area (Å²) in [5, 5.41) is 3.01. The monoisotopic (exact) mass is 451 g/mol. The third kappa shape index (κ3) is 6.12. The number of rotatable bonds is 9. The number of carbonyl (C=O) groups excluding carboxylic acids is 2. The first kappa shape index (κ1) is 23.3. The number of anilines is 1. The second-order valence-electron chi connectivity index (χ2n) is 8.55. The number of para-hydroxylation sites is 1. The number of hydrogen-bond donors (Lipinski definition) is 1. The van der Waals surface area contributed by atoms with Gasteiger partial charge in [-0.25, -0.2) is 0 Å². The van der Waals surface area contributed by atoms with Crippen LogP contribution in [0.5, 0.6) is 5.75 Å². The van der Waals surface area contributed by atoms with Crippen LogP contribution in [0.4, 0.5) is 5.69 Å². The van der Waals surface area contributed by atoms with Crippen LogP contribution < -0.4 is 15.0 Å². The van der Waals surface area contributed by atoms with Gasteiger partial charge in [0, 0.05) is 50.4 Å². The lowest BCUT2D eigenvalue weighted by atomic mass is 10.1. The normalized spacial score (nSPS) is 19.0. The van der Waals surface area contributed by atoms with Gasteiger partial charge in [-0.15, -0.1) is 0 Å². The molecule has 2 aliphatic heterocycles. The van der Waals surface area contributed by atoms with Gasteiger partial charge in [0.1, 0.15) is 12.4 Å². The van der Waals surface area contributed by atoms with Gasteiger partial charge in [0.2, 0.25) is 11.8 Å². The molecular weight excluding hydrogens is 418 g/mol. The molecule has 1 atom stereocenters. The van der Waals surface area contributed by atoms with Gasteiger partial charge >= 0.3 is 0 Å². The Bertz CT molecular complexity index is 941. The highest BCUT2D eigenvalue weighted by molar-refractivity contribution is 6.00. The number of amides is 2. The topological polar surface area (TPSA) is 71.1 Å². The lowest BCUT2D eigenvalue weighted by molar-refractivity contribution is -0.126. The molecule has 7 nitrogen and oxygen atoms in total. The Morgan fingerprint density at radius 3 is 2.64 bits per heavy atom. The van der Waals surface area contributed by atoms with E-state index < -0.39 is 0 Å². The predicted octanol–water partition coefficient (Wildman–Crippen LogP) is 2.63. The highest BCUT2D eigenvalue weighted by atomic mass is 16.5. The van der Waals surface area contributed by atoms with Crippen molar-refractivity contribution in [3.63, 3.8) is 0 Å². The van der Waals surface area contributed by atoms with Gasteiger partial charge < -0.3 is 19.7 Å². The number of aryl methyl sites for hydroxylation is 1. The van der Waals surface area contributed by atoms with Gasteiger partial charge in [-0.05, 0) is 30.2 Å². The van der Waals surface area contributed by atoms with E-state index in [1.807, 2.05) is 48.5 Å². The Morgan fingerprint density at radius 1 is 1.12 bits per heavy atom.